The number of carbonyl (C=O) groups excluding carboxylic acids is 1. The summed E-state index contributed by atoms with van der Waals surface area (Å²) in [6.45, 7) is 8.70. The Kier molecular flexibility index (Phi) is 9.65. The first-order valence-corrected chi connectivity index (χ1v) is 11.4. The number of benzene rings is 2. The minimum absolute atomic E-state index is 0.0437. The van der Waals surface area contributed by atoms with Gasteiger partial charge in [0.15, 0.2) is 11.5 Å². The molecular weight excluding hydrogens is 406 g/mol. The van der Waals surface area contributed by atoms with Crippen molar-refractivity contribution in [3.05, 3.63) is 59.7 Å². The Labute approximate surface area is 191 Å². The van der Waals surface area contributed by atoms with Crippen LogP contribution in [0.15, 0.2) is 48.5 Å². The molecule has 0 unspecified atom stereocenters. The summed E-state index contributed by atoms with van der Waals surface area (Å²) in [7, 11) is 1.64. The van der Waals surface area contributed by atoms with E-state index in [1.165, 1.54) is 0 Å². The summed E-state index contributed by atoms with van der Waals surface area (Å²) in [5.41, 5.74) is 2.10. The number of amides is 2. The molecule has 1 fully saturated rings. The van der Waals surface area contributed by atoms with E-state index in [4.69, 9.17) is 14.2 Å². The summed E-state index contributed by atoms with van der Waals surface area (Å²) in [5.74, 6) is 1.36. The van der Waals surface area contributed by atoms with Crippen LogP contribution in [0.2, 0.25) is 0 Å². The van der Waals surface area contributed by atoms with E-state index in [-0.39, 0.29) is 6.03 Å². The molecule has 0 spiro atoms. The number of methoxy groups -OCH3 is 1. The van der Waals surface area contributed by atoms with Crippen molar-refractivity contribution in [3.8, 4) is 11.5 Å². The van der Waals surface area contributed by atoms with Crippen LogP contribution in [-0.4, -0.2) is 68.9 Å². The summed E-state index contributed by atoms with van der Waals surface area (Å²) in [6.07, 6.45) is 0.923. The number of ether oxygens (including phenoxy) is 3. The lowest BCUT2D eigenvalue weighted by molar-refractivity contribution is 0.0364. The predicted octanol–water partition coefficient (Wildman–Crippen LogP) is 3.53. The lowest BCUT2D eigenvalue weighted by Gasteiger charge is -2.28. The van der Waals surface area contributed by atoms with Crippen molar-refractivity contribution < 1.29 is 19.0 Å². The Hall–Kier alpha value is -2.77. The molecule has 2 amide bonds. The second-order valence-corrected chi connectivity index (χ2v) is 7.82. The van der Waals surface area contributed by atoms with Crippen LogP contribution >= 0.6 is 0 Å². The van der Waals surface area contributed by atoms with Gasteiger partial charge < -0.3 is 24.4 Å². The quantitative estimate of drug-likeness (QED) is 0.578. The Balaban J connectivity index is 1.60. The largest absolute Gasteiger partial charge is 0.493 e. The van der Waals surface area contributed by atoms with Gasteiger partial charge in [-0.3, -0.25) is 4.90 Å². The molecule has 0 aliphatic carbocycles. The molecule has 0 radical (unpaired) electrons. The van der Waals surface area contributed by atoms with Crippen LogP contribution in [0.4, 0.5) is 4.79 Å². The van der Waals surface area contributed by atoms with Gasteiger partial charge in [0.05, 0.1) is 20.3 Å². The zero-order valence-corrected chi connectivity index (χ0v) is 19.2. The van der Waals surface area contributed by atoms with Crippen molar-refractivity contribution in [1.82, 2.24) is 15.1 Å². The van der Waals surface area contributed by atoms with Crippen molar-refractivity contribution in [2.45, 2.75) is 26.5 Å². The van der Waals surface area contributed by atoms with Gasteiger partial charge >= 0.3 is 6.03 Å². The van der Waals surface area contributed by atoms with Crippen LogP contribution in [0.1, 0.15) is 24.5 Å². The van der Waals surface area contributed by atoms with E-state index >= 15 is 0 Å². The highest BCUT2D eigenvalue weighted by Crippen LogP contribution is 2.29. The average Bonchev–Trinajstić information content (AvgIpc) is 2.84. The fourth-order valence-corrected chi connectivity index (χ4v) is 3.71. The molecule has 1 N–H and O–H groups in total. The van der Waals surface area contributed by atoms with Crippen LogP contribution in [0.25, 0.3) is 0 Å². The van der Waals surface area contributed by atoms with Crippen molar-refractivity contribution in [2.75, 3.05) is 53.0 Å². The van der Waals surface area contributed by atoms with Crippen LogP contribution in [0, 0.1) is 0 Å². The topological polar surface area (TPSA) is 63.3 Å². The molecule has 1 aliphatic heterocycles. The predicted molar refractivity (Wildman–Crippen MR) is 125 cm³/mol. The molecule has 2 aromatic carbocycles. The van der Waals surface area contributed by atoms with E-state index < -0.39 is 0 Å². The normalized spacial score (nSPS) is 14.1. The molecule has 32 heavy (non-hydrogen) atoms. The first kappa shape index (κ1) is 23.9. The van der Waals surface area contributed by atoms with Gasteiger partial charge in [-0.15, -0.1) is 0 Å². The second kappa shape index (κ2) is 12.9. The van der Waals surface area contributed by atoms with Gasteiger partial charge in [-0.1, -0.05) is 36.4 Å². The molecule has 3 rings (SSSR count). The lowest BCUT2D eigenvalue weighted by Crippen LogP contribution is -2.42. The van der Waals surface area contributed by atoms with E-state index in [9.17, 15) is 4.79 Å². The molecule has 1 saturated heterocycles. The van der Waals surface area contributed by atoms with Gasteiger partial charge in [-0.05, 0) is 36.6 Å². The van der Waals surface area contributed by atoms with Gasteiger partial charge in [0.1, 0.15) is 6.61 Å². The highest BCUT2D eigenvalue weighted by Gasteiger charge is 2.16. The van der Waals surface area contributed by atoms with Gasteiger partial charge in [-0.2, -0.15) is 0 Å². The number of hydrogen-bond acceptors (Lipinski definition) is 5. The summed E-state index contributed by atoms with van der Waals surface area (Å²) in [4.78, 5) is 16.9. The molecule has 1 heterocycles. The minimum atomic E-state index is -0.0437. The van der Waals surface area contributed by atoms with Crippen LogP contribution < -0.4 is 14.8 Å². The second-order valence-electron chi connectivity index (χ2n) is 7.82. The summed E-state index contributed by atoms with van der Waals surface area (Å²) >= 11 is 0. The number of rotatable bonds is 11. The molecule has 0 bridgehead atoms. The number of carbonyl (C=O) groups is 1. The molecule has 2 aromatic rings. The third kappa shape index (κ3) is 7.43. The highest BCUT2D eigenvalue weighted by atomic mass is 16.5. The molecular formula is C25H35N3O4. The van der Waals surface area contributed by atoms with Gasteiger partial charge in [0.25, 0.3) is 0 Å². The third-order valence-electron chi connectivity index (χ3n) is 5.46. The van der Waals surface area contributed by atoms with Gasteiger partial charge in [-0.25, -0.2) is 4.79 Å². The summed E-state index contributed by atoms with van der Waals surface area (Å²) in [5, 5.41) is 2.93. The first-order chi connectivity index (χ1) is 15.7. The Morgan fingerprint density at radius 3 is 2.59 bits per heavy atom. The fraction of sp³-hybridized carbons (Fsp3) is 0.480. The number of nitrogens with one attached hydrogen (secondary N) is 1. The fourth-order valence-electron chi connectivity index (χ4n) is 3.71. The van der Waals surface area contributed by atoms with Gasteiger partial charge in [0, 0.05) is 39.3 Å². The summed E-state index contributed by atoms with van der Waals surface area (Å²) < 4.78 is 16.9. The zero-order chi connectivity index (χ0) is 22.6. The maximum absolute atomic E-state index is 12.6. The zero-order valence-electron chi connectivity index (χ0n) is 19.2. The van der Waals surface area contributed by atoms with Crippen LogP contribution in [-0.2, 0) is 17.9 Å². The van der Waals surface area contributed by atoms with Crippen LogP contribution in [0.5, 0.6) is 11.5 Å². The smallest absolute Gasteiger partial charge is 0.317 e. The maximum atomic E-state index is 12.6. The molecule has 0 saturated carbocycles. The Morgan fingerprint density at radius 1 is 1.09 bits per heavy atom. The number of urea groups is 1. The van der Waals surface area contributed by atoms with Crippen LogP contribution in [0.3, 0.4) is 0 Å². The number of morpholine rings is 1. The highest BCUT2D eigenvalue weighted by molar-refractivity contribution is 5.74. The summed E-state index contributed by atoms with van der Waals surface area (Å²) in [6, 6.07) is 15.9. The standard InChI is InChI=1S/C25H35N3O4/c1-3-26-25(29)28(13-7-12-27-14-16-31-17-15-27)19-22-10-11-23(24(18-22)30-2)32-20-21-8-5-4-6-9-21/h4-6,8-11,18H,3,7,12-17,19-20H2,1-2H3,(H,26,29). The molecule has 0 atom stereocenters. The molecule has 0 aromatic heterocycles. The average molecular weight is 442 g/mol. The minimum Gasteiger partial charge on any atom is -0.493 e. The van der Waals surface area contributed by atoms with E-state index in [0.29, 0.717) is 37.7 Å². The Bertz CT molecular complexity index is 825. The molecule has 7 nitrogen and oxygen atoms in total. The van der Waals surface area contributed by atoms with E-state index in [2.05, 4.69) is 10.2 Å². The molecule has 7 heteroatoms. The Morgan fingerprint density at radius 2 is 1.88 bits per heavy atom. The maximum Gasteiger partial charge on any atom is 0.317 e. The van der Waals surface area contributed by atoms with E-state index in [1.807, 2.05) is 60.4 Å². The van der Waals surface area contributed by atoms with Crippen molar-refractivity contribution in [3.63, 3.8) is 0 Å². The lowest BCUT2D eigenvalue weighted by atomic mass is 10.1. The van der Waals surface area contributed by atoms with Crippen molar-refractivity contribution in [1.29, 1.82) is 0 Å². The first-order valence-electron chi connectivity index (χ1n) is 11.4. The van der Waals surface area contributed by atoms with Crippen molar-refractivity contribution >= 4 is 6.03 Å². The van der Waals surface area contributed by atoms with Gasteiger partial charge in [0.2, 0.25) is 0 Å². The number of nitrogens with zero attached hydrogens (tertiary/aromatic N) is 2. The number of hydrogen-bond donors (Lipinski definition) is 1. The van der Waals surface area contributed by atoms with E-state index in [0.717, 1.165) is 50.4 Å². The molecule has 1 aliphatic rings. The van der Waals surface area contributed by atoms with E-state index in [1.54, 1.807) is 7.11 Å². The SMILES string of the molecule is CCNC(=O)N(CCCN1CCOCC1)Cc1ccc(OCc2ccccc2)c(OC)c1. The molecule has 174 valence electrons. The van der Waals surface area contributed by atoms with Crippen molar-refractivity contribution in [2.24, 2.45) is 0 Å². The third-order valence-corrected chi connectivity index (χ3v) is 5.46. The monoisotopic (exact) mass is 441 g/mol.